The Labute approximate surface area is 179 Å². The van der Waals surface area contributed by atoms with Gasteiger partial charge in [-0.05, 0) is 77.0 Å². The van der Waals surface area contributed by atoms with Crippen LogP contribution in [0.25, 0.3) is 0 Å². The summed E-state index contributed by atoms with van der Waals surface area (Å²) in [4.78, 5) is 18.0. The lowest BCUT2D eigenvalue weighted by atomic mass is 9.77. The highest BCUT2D eigenvalue weighted by Crippen LogP contribution is 2.33. The van der Waals surface area contributed by atoms with Gasteiger partial charge in [-0.1, -0.05) is 20.8 Å². The summed E-state index contributed by atoms with van der Waals surface area (Å²) < 4.78 is 0. The van der Waals surface area contributed by atoms with Crippen molar-refractivity contribution in [2.45, 2.75) is 104 Å². The fourth-order valence-corrected chi connectivity index (χ4v) is 3.59. The SMILES string of the molecule is C=NC(CCC(C)(C#N)CCC(CCC(N)CC)N(C)C(C)=O)CC(C)(C)CN. The topological polar surface area (TPSA) is 108 Å². The van der Waals surface area contributed by atoms with Crippen molar-refractivity contribution in [1.29, 1.82) is 5.26 Å². The molecule has 6 heteroatoms. The van der Waals surface area contributed by atoms with Gasteiger partial charge in [0.25, 0.3) is 0 Å². The van der Waals surface area contributed by atoms with Gasteiger partial charge in [0, 0.05) is 32.1 Å². The Balaban J connectivity index is 4.96. The first kappa shape index (κ1) is 27.5. The van der Waals surface area contributed by atoms with Gasteiger partial charge in [-0.3, -0.25) is 9.79 Å². The van der Waals surface area contributed by atoms with E-state index in [2.05, 4.69) is 38.6 Å². The van der Waals surface area contributed by atoms with E-state index < -0.39 is 5.41 Å². The molecule has 4 unspecified atom stereocenters. The Bertz CT molecular complexity index is 542. The number of nitrogens with zero attached hydrogens (tertiary/aromatic N) is 3. The summed E-state index contributed by atoms with van der Waals surface area (Å²) in [6, 6.07) is 2.90. The molecule has 4 N–H and O–H groups in total. The van der Waals surface area contributed by atoms with Crippen LogP contribution in [0.15, 0.2) is 4.99 Å². The smallest absolute Gasteiger partial charge is 0.219 e. The molecule has 0 aliphatic carbocycles. The normalized spacial score (nSPS) is 16.9. The number of carbonyl (C=O) groups is 1. The van der Waals surface area contributed by atoms with Gasteiger partial charge in [0.05, 0.1) is 11.5 Å². The van der Waals surface area contributed by atoms with E-state index in [1.165, 1.54) is 0 Å². The van der Waals surface area contributed by atoms with Crippen molar-refractivity contribution in [2.24, 2.45) is 27.3 Å². The number of hydrogen-bond acceptors (Lipinski definition) is 5. The summed E-state index contributed by atoms with van der Waals surface area (Å²) in [5.41, 5.74) is 11.5. The number of carbonyl (C=O) groups excluding carboxylic acids is 1. The van der Waals surface area contributed by atoms with Gasteiger partial charge in [-0.2, -0.15) is 5.26 Å². The molecule has 4 atom stereocenters. The van der Waals surface area contributed by atoms with Crippen LogP contribution in [-0.2, 0) is 4.79 Å². The van der Waals surface area contributed by atoms with Crippen molar-refractivity contribution in [2.75, 3.05) is 13.6 Å². The summed E-state index contributed by atoms with van der Waals surface area (Å²) >= 11 is 0. The van der Waals surface area contributed by atoms with Crippen LogP contribution in [0.1, 0.15) is 86.0 Å². The summed E-state index contributed by atoms with van der Waals surface area (Å²) in [6.07, 6.45) is 6.70. The second kappa shape index (κ2) is 13.0. The van der Waals surface area contributed by atoms with Crippen LogP contribution in [0, 0.1) is 22.2 Å². The average Bonchev–Trinajstić information content (AvgIpc) is 2.70. The third kappa shape index (κ3) is 10.8. The first-order valence-corrected chi connectivity index (χ1v) is 11.0. The third-order valence-corrected chi connectivity index (χ3v) is 6.37. The van der Waals surface area contributed by atoms with Gasteiger partial charge in [-0.25, -0.2) is 0 Å². The van der Waals surface area contributed by atoms with E-state index in [4.69, 9.17) is 11.5 Å². The monoisotopic (exact) mass is 407 g/mol. The van der Waals surface area contributed by atoms with Crippen LogP contribution in [0.5, 0.6) is 0 Å². The van der Waals surface area contributed by atoms with Gasteiger partial charge in [0.15, 0.2) is 0 Å². The number of rotatable bonds is 15. The van der Waals surface area contributed by atoms with Gasteiger partial charge in [0.2, 0.25) is 5.91 Å². The van der Waals surface area contributed by atoms with Crippen molar-refractivity contribution in [3.63, 3.8) is 0 Å². The molecule has 0 aliphatic heterocycles. The van der Waals surface area contributed by atoms with E-state index in [0.717, 1.165) is 51.4 Å². The minimum absolute atomic E-state index is 0.0161. The summed E-state index contributed by atoms with van der Waals surface area (Å²) in [7, 11) is 1.85. The van der Waals surface area contributed by atoms with Gasteiger partial charge in [0.1, 0.15) is 0 Å². The molecule has 0 aromatic carbocycles. The van der Waals surface area contributed by atoms with E-state index in [0.29, 0.717) is 6.54 Å². The summed E-state index contributed by atoms with van der Waals surface area (Å²) in [5, 5.41) is 9.85. The molecule has 6 nitrogen and oxygen atoms in total. The Morgan fingerprint density at radius 1 is 1.21 bits per heavy atom. The third-order valence-electron chi connectivity index (χ3n) is 6.37. The molecule has 0 heterocycles. The average molecular weight is 408 g/mol. The Morgan fingerprint density at radius 3 is 2.24 bits per heavy atom. The van der Waals surface area contributed by atoms with Crippen molar-refractivity contribution in [3.05, 3.63) is 0 Å². The molecule has 0 aliphatic rings. The molecule has 0 radical (unpaired) electrons. The molecular formula is C23H45N5O. The Kier molecular flexibility index (Phi) is 12.3. The number of hydrogen-bond donors (Lipinski definition) is 2. The van der Waals surface area contributed by atoms with Crippen LogP contribution in [0.4, 0.5) is 0 Å². The van der Waals surface area contributed by atoms with E-state index in [1.54, 1.807) is 11.8 Å². The lowest BCUT2D eigenvalue weighted by Crippen LogP contribution is -2.37. The second-order valence-corrected chi connectivity index (χ2v) is 9.69. The molecule has 0 saturated heterocycles. The lowest BCUT2D eigenvalue weighted by molar-refractivity contribution is -0.130. The highest BCUT2D eigenvalue weighted by molar-refractivity contribution is 5.73. The van der Waals surface area contributed by atoms with E-state index in [9.17, 15) is 10.1 Å². The molecule has 0 rings (SSSR count). The Morgan fingerprint density at radius 2 is 1.79 bits per heavy atom. The summed E-state index contributed by atoms with van der Waals surface area (Å²) in [6.45, 7) is 14.3. The molecular weight excluding hydrogens is 362 g/mol. The van der Waals surface area contributed by atoms with Crippen LogP contribution in [0.2, 0.25) is 0 Å². The molecule has 168 valence electrons. The minimum Gasteiger partial charge on any atom is -0.343 e. The molecule has 0 aromatic heterocycles. The number of nitriles is 1. The van der Waals surface area contributed by atoms with Crippen molar-refractivity contribution in [1.82, 2.24) is 4.90 Å². The first-order chi connectivity index (χ1) is 13.4. The first-order valence-electron chi connectivity index (χ1n) is 11.0. The molecule has 1 amide bonds. The highest BCUT2D eigenvalue weighted by atomic mass is 16.2. The van der Waals surface area contributed by atoms with Gasteiger partial charge in [-0.15, -0.1) is 0 Å². The number of nitrogens with two attached hydrogens (primary N) is 2. The predicted octanol–water partition coefficient (Wildman–Crippen LogP) is 3.89. The molecule has 0 fully saturated rings. The summed E-state index contributed by atoms with van der Waals surface area (Å²) in [5.74, 6) is 0.0543. The van der Waals surface area contributed by atoms with Crippen LogP contribution < -0.4 is 11.5 Å². The zero-order valence-corrected chi connectivity index (χ0v) is 19.7. The number of aliphatic imine (C=N–C) groups is 1. The quantitative estimate of drug-likeness (QED) is 0.401. The molecule has 29 heavy (non-hydrogen) atoms. The maximum atomic E-state index is 11.9. The fourth-order valence-electron chi connectivity index (χ4n) is 3.59. The zero-order chi connectivity index (χ0) is 22.7. The minimum atomic E-state index is -0.446. The molecule has 0 saturated carbocycles. The van der Waals surface area contributed by atoms with Crippen molar-refractivity contribution in [3.8, 4) is 6.07 Å². The number of amides is 1. The van der Waals surface area contributed by atoms with Crippen LogP contribution in [-0.4, -0.2) is 49.2 Å². The van der Waals surface area contributed by atoms with Crippen LogP contribution >= 0.6 is 0 Å². The van der Waals surface area contributed by atoms with Crippen molar-refractivity contribution >= 4 is 12.6 Å². The Hall–Kier alpha value is -1.45. The largest absolute Gasteiger partial charge is 0.343 e. The lowest BCUT2D eigenvalue weighted by Gasteiger charge is -2.32. The van der Waals surface area contributed by atoms with E-state index in [-0.39, 0.29) is 29.4 Å². The second-order valence-electron chi connectivity index (χ2n) is 9.69. The predicted molar refractivity (Wildman–Crippen MR) is 123 cm³/mol. The van der Waals surface area contributed by atoms with E-state index in [1.807, 2.05) is 14.0 Å². The fraction of sp³-hybridized carbons (Fsp3) is 0.870. The highest BCUT2D eigenvalue weighted by Gasteiger charge is 2.29. The van der Waals surface area contributed by atoms with E-state index >= 15 is 0 Å². The van der Waals surface area contributed by atoms with Gasteiger partial charge < -0.3 is 16.4 Å². The molecule has 0 aromatic rings. The molecule has 0 spiro atoms. The van der Waals surface area contributed by atoms with Gasteiger partial charge >= 0.3 is 0 Å². The van der Waals surface area contributed by atoms with Crippen LogP contribution in [0.3, 0.4) is 0 Å². The zero-order valence-electron chi connectivity index (χ0n) is 19.7. The molecule has 0 bridgehead atoms. The van der Waals surface area contributed by atoms with Crippen molar-refractivity contribution < 1.29 is 4.79 Å². The maximum absolute atomic E-state index is 11.9. The maximum Gasteiger partial charge on any atom is 0.219 e. The standard InChI is InChI=1S/C23H45N5O/c1-8-19(26)9-10-21(28(7)18(2)29)12-14-23(5,17-25)13-11-20(27-6)15-22(3,4)16-24/h19-21H,6,8-16,24,26H2,1-5,7H3.